The Balaban J connectivity index is 2.01. The second kappa shape index (κ2) is 6.54. The first-order valence-electron chi connectivity index (χ1n) is 8.48. The molecule has 3 heteroatoms. The quantitative estimate of drug-likeness (QED) is 0.532. The standard InChI is InChI=1S/C22H20N2O/c1-2-8-20(25)21-22-18(13-14-23-21)17-11-6-7-12-19(17)24(22)15-16-9-4-3-5-10-16/h2-7,9-14,20,25H,1,8,15H2. The van der Waals surface area contributed by atoms with E-state index in [1.165, 1.54) is 10.9 Å². The van der Waals surface area contributed by atoms with Gasteiger partial charge in [-0.25, -0.2) is 0 Å². The molecule has 2 aromatic heterocycles. The molecule has 1 unspecified atom stereocenters. The van der Waals surface area contributed by atoms with Gasteiger partial charge >= 0.3 is 0 Å². The normalized spacial score (nSPS) is 12.5. The van der Waals surface area contributed by atoms with Crippen LogP contribution in [0.5, 0.6) is 0 Å². The first-order chi connectivity index (χ1) is 12.3. The van der Waals surface area contributed by atoms with Crippen molar-refractivity contribution in [3.63, 3.8) is 0 Å². The van der Waals surface area contributed by atoms with Crippen LogP contribution in [0.1, 0.15) is 23.8 Å². The Morgan fingerprint density at radius 3 is 2.56 bits per heavy atom. The van der Waals surface area contributed by atoms with Gasteiger partial charge in [0, 0.05) is 29.0 Å². The number of nitrogens with zero attached hydrogens (tertiary/aromatic N) is 2. The van der Waals surface area contributed by atoms with Gasteiger partial charge in [0.1, 0.15) is 6.10 Å². The van der Waals surface area contributed by atoms with Crippen LogP contribution in [0.15, 0.2) is 79.5 Å². The first kappa shape index (κ1) is 15.6. The number of hydrogen-bond donors (Lipinski definition) is 1. The zero-order valence-electron chi connectivity index (χ0n) is 14.0. The molecule has 0 aliphatic rings. The number of fused-ring (bicyclic) bond motifs is 3. The topological polar surface area (TPSA) is 38.1 Å². The molecule has 0 saturated carbocycles. The molecule has 0 amide bonds. The molecule has 0 saturated heterocycles. The molecule has 0 aliphatic carbocycles. The minimum Gasteiger partial charge on any atom is -0.386 e. The van der Waals surface area contributed by atoms with Crippen LogP contribution in [0.4, 0.5) is 0 Å². The monoisotopic (exact) mass is 328 g/mol. The maximum atomic E-state index is 10.6. The van der Waals surface area contributed by atoms with Gasteiger partial charge in [-0.1, -0.05) is 54.6 Å². The maximum Gasteiger partial charge on any atom is 0.101 e. The lowest BCUT2D eigenvalue weighted by molar-refractivity contribution is 0.178. The third-order valence-electron chi connectivity index (χ3n) is 4.60. The number of aromatic nitrogens is 2. The molecule has 3 nitrogen and oxygen atoms in total. The molecule has 1 N–H and O–H groups in total. The summed E-state index contributed by atoms with van der Waals surface area (Å²) in [7, 11) is 0. The zero-order valence-corrected chi connectivity index (χ0v) is 14.0. The molecule has 0 fully saturated rings. The molecular weight excluding hydrogens is 308 g/mol. The summed E-state index contributed by atoms with van der Waals surface area (Å²) in [6.45, 7) is 4.49. The van der Waals surface area contributed by atoms with Crippen molar-refractivity contribution in [1.82, 2.24) is 9.55 Å². The van der Waals surface area contributed by atoms with Crippen LogP contribution in [0.3, 0.4) is 0 Å². The molecule has 2 heterocycles. The number of benzene rings is 2. The van der Waals surface area contributed by atoms with E-state index < -0.39 is 6.10 Å². The number of aliphatic hydroxyl groups excluding tert-OH is 1. The van der Waals surface area contributed by atoms with Gasteiger partial charge in [0.05, 0.1) is 11.2 Å². The molecule has 2 aromatic carbocycles. The average Bonchev–Trinajstić information content (AvgIpc) is 2.97. The van der Waals surface area contributed by atoms with E-state index in [-0.39, 0.29) is 0 Å². The lowest BCUT2D eigenvalue weighted by Crippen LogP contribution is -2.06. The third kappa shape index (κ3) is 2.73. The molecule has 0 radical (unpaired) electrons. The Kier molecular flexibility index (Phi) is 4.08. The summed E-state index contributed by atoms with van der Waals surface area (Å²) in [5.74, 6) is 0. The van der Waals surface area contributed by atoms with Crippen LogP contribution in [-0.4, -0.2) is 14.7 Å². The summed E-state index contributed by atoms with van der Waals surface area (Å²) in [6, 6.07) is 20.8. The fourth-order valence-electron chi connectivity index (χ4n) is 3.47. The fraction of sp³-hybridized carbons (Fsp3) is 0.136. The highest BCUT2D eigenvalue weighted by atomic mass is 16.3. The van der Waals surface area contributed by atoms with Crippen molar-refractivity contribution in [3.8, 4) is 0 Å². The van der Waals surface area contributed by atoms with Gasteiger partial charge in [0.25, 0.3) is 0 Å². The van der Waals surface area contributed by atoms with E-state index in [1.807, 2.05) is 12.1 Å². The molecule has 124 valence electrons. The summed E-state index contributed by atoms with van der Waals surface area (Å²) in [6.07, 6.45) is 3.34. The Morgan fingerprint density at radius 2 is 1.76 bits per heavy atom. The van der Waals surface area contributed by atoms with Crippen molar-refractivity contribution >= 4 is 21.8 Å². The van der Waals surface area contributed by atoms with E-state index in [0.29, 0.717) is 12.1 Å². The van der Waals surface area contributed by atoms with Gasteiger partial charge in [0.2, 0.25) is 0 Å². The number of para-hydroxylation sites is 1. The summed E-state index contributed by atoms with van der Waals surface area (Å²) in [5, 5.41) is 12.9. The molecule has 4 rings (SSSR count). The van der Waals surface area contributed by atoms with Crippen LogP contribution in [0.25, 0.3) is 21.8 Å². The van der Waals surface area contributed by atoms with Crippen molar-refractivity contribution in [2.45, 2.75) is 19.1 Å². The van der Waals surface area contributed by atoms with Gasteiger partial charge in [-0.3, -0.25) is 4.98 Å². The SMILES string of the molecule is C=CCC(O)c1nccc2c3ccccc3n(Cc3ccccc3)c12. The largest absolute Gasteiger partial charge is 0.386 e. The van der Waals surface area contributed by atoms with E-state index in [2.05, 4.69) is 64.7 Å². The van der Waals surface area contributed by atoms with Crippen molar-refractivity contribution in [2.75, 3.05) is 0 Å². The van der Waals surface area contributed by atoms with Crippen LogP contribution in [0.2, 0.25) is 0 Å². The van der Waals surface area contributed by atoms with E-state index in [4.69, 9.17) is 0 Å². The fourth-order valence-corrected chi connectivity index (χ4v) is 3.47. The molecular formula is C22H20N2O. The predicted octanol–water partition coefficient (Wildman–Crippen LogP) is 4.85. The molecule has 25 heavy (non-hydrogen) atoms. The van der Waals surface area contributed by atoms with Crippen molar-refractivity contribution < 1.29 is 5.11 Å². The van der Waals surface area contributed by atoms with Crippen molar-refractivity contribution in [1.29, 1.82) is 0 Å². The molecule has 0 aliphatic heterocycles. The van der Waals surface area contributed by atoms with Gasteiger partial charge in [-0.05, 0) is 24.1 Å². The van der Waals surface area contributed by atoms with E-state index in [9.17, 15) is 5.11 Å². The lowest BCUT2D eigenvalue weighted by Gasteiger charge is -2.13. The summed E-state index contributed by atoms with van der Waals surface area (Å²) in [4.78, 5) is 4.50. The number of rotatable bonds is 5. The van der Waals surface area contributed by atoms with E-state index in [1.54, 1.807) is 12.3 Å². The number of hydrogen-bond acceptors (Lipinski definition) is 2. The molecule has 4 aromatic rings. The lowest BCUT2D eigenvalue weighted by atomic mass is 10.1. The highest BCUT2D eigenvalue weighted by molar-refractivity contribution is 6.08. The second-order valence-corrected chi connectivity index (χ2v) is 6.22. The number of aliphatic hydroxyl groups is 1. The second-order valence-electron chi connectivity index (χ2n) is 6.22. The average molecular weight is 328 g/mol. The smallest absolute Gasteiger partial charge is 0.101 e. The predicted molar refractivity (Wildman–Crippen MR) is 103 cm³/mol. The van der Waals surface area contributed by atoms with Gasteiger partial charge < -0.3 is 9.67 Å². The van der Waals surface area contributed by atoms with E-state index in [0.717, 1.165) is 23.0 Å². The summed E-state index contributed by atoms with van der Waals surface area (Å²) in [5.41, 5.74) is 4.09. The summed E-state index contributed by atoms with van der Waals surface area (Å²) < 4.78 is 2.26. The zero-order chi connectivity index (χ0) is 17.2. The molecule has 0 bridgehead atoms. The molecule has 1 atom stereocenters. The Bertz CT molecular complexity index is 1030. The van der Waals surface area contributed by atoms with Gasteiger partial charge in [-0.15, -0.1) is 6.58 Å². The highest BCUT2D eigenvalue weighted by Crippen LogP contribution is 2.33. The van der Waals surface area contributed by atoms with Crippen LogP contribution in [0, 0.1) is 0 Å². The van der Waals surface area contributed by atoms with Gasteiger partial charge in [-0.2, -0.15) is 0 Å². The van der Waals surface area contributed by atoms with Crippen molar-refractivity contribution in [3.05, 3.63) is 90.8 Å². The Morgan fingerprint density at radius 1 is 1.00 bits per heavy atom. The van der Waals surface area contributed by atoms with Crippen LogP contribution in [-0.2, 0) is 6.54 Å². The number of pyridine rings is 1. The maximum absolute atomic E-state index is 10.6. The van der Waals surface area contributed by atoms with Crippen molar-refractivity contribution in [2.24, 2.45) is 0 Å². The summed E-state index contributed by atoms with van der Waals surface area (Å²) >= 11 is 0. The van der Waals surface area contributed by atoms with Crippen LogP contribution < -0.4 is 0 Å². The van der Waals surface area contributed by atoms with Gasteiger partial charge in [0.15, 0.2) is 0 Å². The van der Waals surface area contributed by atoms with Crippen LogP contribution >= 0.6 is 0 Å². The minimum atomic E-state index is -0.653. The molecule has 0 spiro atoms. The highest BCUT2D eigenvalue weighted by Gasteiger charge is 2.18. The third-order valence-corrected chi connectivity index (χ3v) is 4.60. The van der Waals surface area contributed by atoms with E-state index >= 15 is 0 Å². The first-order valence-corrected chi connectivity index (χ1v) is 8.48. The minimum absolute atomic E-state index is 0.485. The Hall–Kier alpha value is -2.91. The Labute approximate surface area is 146 Å².